The lowest BCUT2D eigenvalue weighted by Crippen LogP contribution is -2.48. The standard InChI is InChI=1S/C15H23ClN2O2/c1-6-15(3,4)18-14(19)10(2)17-12-9-11(16)7-8-13(12)20-5/h7-10,17H,6H2,1-5H3,(H,18,19). The van der Waals surface area contributed by atoms with Crippen LogP contribution in [-0.4, -0.2) is 24.6 Å². The van der Waals surface area contributed by atoms with Crippen LogP contribution in [0, 0.1) is 0 Å². The van der Waals surface area contributed by atoms with Gasteiger partial charge in [-0.2, -0.15) is 0 Å². The Morgan fingerprint density at radius 3 is 2.65 bits per heavy atom. The van der Waals surface area contributed by atoms with Gasteiger partial charge < -0.3 is 15.4 Å². The fraction of sp³-hybridized carbons (Fsp3) is 0.533. The SMILES string of the molecule is CCC(C)(C)NC(=O)C(C)Nc1cc(Cl)ccc1OC. The molecule has 0 aliphatic rings. The van der Waals surface area contributed by atoms with Crippen molar-refractivity contribution in [1.82, 2.24) is 5.32 Å². The van der Waals surface area contributed by atoms with Gasteiger partial charge in [0.15, 0.2) is 0 Å². The summed E-state index contributed by atoms with van der Waals surface area (Å²) < 4.78 is 5.25. The van der Waals surface area contributed by atoms with Gasteiger partial charge in [-0.1, -0.05) is 18.5 Å². The molecule has 112 valence electrons. The van der Waals surface area contributed by atoms with Gasteiger partial charge in [0.25, 0.3) is 0 Å². The molecule has 1 rings (SSSR count). The smallest absolute Gasteiger partial charge is 0.242 e. The molecule has 0 aliphatic carbocycles. The highest BCUT2D eigenvalue weighted by Gasteiger charge is 2.22. The number of ether oxygens (including phenoxy) is 1. The molecule has 1 amide bonds. The van der Waals surface area contributed by atoms with E-state index in [4.69, 9.17) is 16.3 Å². The van der Waals surface area contributed by atoms with E-state index < -0.39 is 0 Å². The van der Waals surface area contributed by atoms with Crippen LogP contribution in [0.4, 0.5) is 5.69 Å². The molecule has 0 bridgehead atoms. The molecule has 1 atom stereocenters. The lowest BCUT2D eigenvalue weighted by Gasteiger charge is -2.27. The number of benzene rings is 1. The zero-order chi connectivity index (χ0) is 15.3. The normalized spacial score (nSPS) is 12.7. The number of hydrogen-bond donors (Lipinski definition) is 2. The molecule has 0 aromatic heterocycles. The summed E-state index contributed by atoms with van der Waals surface area (Å²) >= 11 is 5.97. The van der Waals surface area contributed by atoms with E-state index in [-0.39, 0.29) is 17.5 Å². The summed E-state index contributed by atoms with van der Waals surface area (Å²) in [7, 11) is 1.58. The first kappa shape index (κ1) is 16.6. The van der Waals surface area contributed by atoms with E-state index in [1.807, 2.05) is 20.8 Å². The zero-order valence-electron chi connectivity index (χ0n) is 12.7. The van der Waals surface area contributed by atoms with Crippen LogP contribution in [0.15, 0.2) is 18.2 Å². The number of carbonyl (C=O) groups excluding carboxylic acids is 1. The van der Waals surface area contributed by atoms with Gasteiger partial charge in [0.2, 0.25) is 5.91 Å². The minimum atomic E-state index is -0.381. The van der Waals surface area contributed by atoms with E-state index in [9.17, 15) is 4.79 Å². The molecule has 1 aromatic carbocycles. The predicted octanol–water partition coefficient (Wildman–Crippen LogP) is 3.45. The van der Waals surface area contributed by atoms with Crippen LogP contribution in [0.2, 0.25) is 5.02 Å². The third-order valence-corrected chi connectivity index (χ3v) is 3.51. The van der Waals surface area contributed by atoms with Gasteiger partial charge in [-0.15, -0.1) is 0 Å². The number of hydrogen-bond acceptors (Lipinski definition) is 3. The second kappa shape index (κ2) is 6.84. The zero-order valence-corrected chi connectivity index (χ0v) is 13.5. The Morgan fingerprint density at radius 1 is 1.45 bits per heavy atom. The van der Waals surface area contributed by atoms with Crippen LogP contribution in [-0.2, 0) is 4.79 Å². The molecule has 0 radical (unpaired) electrons. The molecule has 0 fully saturated rings. The maximum atomic E-state index is 12.2. The maximum absolute atomic E-state index is 12.2. The second-order valence-corrected chi connectivity index (χ2v) is 5.87. The highest BCUT2D eigenvalue weighted by molar-refractivity contribution is 6.30. The molecule has 0 aliphatic heterocycles. The van der Waals surface area contributed by atoms with Crippen LogP contribution in [0.3, 0.4) is 0 Å². The first-order valence-corrected chi connectivity index (χ1v) is 7.09. The predicted molar refractivity (Wildman–Crippen MR) is 83.6 cm³/mol. The van der Waals surface area contributed by atoms with Crippen LogP contribution >= 0.6 is 11.6 Å². The Hall–Kier alpha value is -1.42. The van der Waals surface area contributed by atoms with Crippen LogP contribution in [0.25, 0.3) is 0 Å². The van der Waals surface area contributed by atoms with Gasteiger partial charge in [-0.3, -0.25) is 4.79 Å². The fourth-order valence-electron chi connectivity index (χ4n) is 1.62. The highest BCUT2D eigenvalue weighted by Crippen LogP contribution is 2.28. The van der Waals surface area contributed by atoms with Gasteiger partial charge in [-0.25, -0.2) is 0 Å². The minimum absolute atomic E-state index is 0.0566. The van der Waals surface area contributed by atoms with E-state index in [1.165, 1.54) is 0 Å². The van der Waals surface area contributed by atoms with E-state index in [1.54, 1.807) is 32.2 Å². The summed E-state index contributed by atoms with van der Waals surface area (Å²) in [5.74, 6) is 0.600. The third kappa shape index (κ3) is 4.60. The second-order valence-electron chi connectivity index (χ2n) is 5.44. The van der Waals surface area contributed by atoms with E-state index in [2.05, 4.69) is 10.6 Å². The summed E-state index contributed by atoms with van der Waals surface area (Å²) in [4.78, 5) is 12.2. The van der Waals surface area contributed by atoms with Gasteiger partial charge in [-0.05, 0) is 45.4 Å². The minimum Gasteiger partial charge on any atom is -0.495 e. The van der Waals surface area contributed by atoms with Gasteiger partial charge in [0.1, 0.15) is 11.8 Å². The number of carbonyl (C=O) groups is 1. The molecule has 5 heteroatoms. The van der Waals surface area contributed by atoms with Crippen molar-refractivity contribution in [3.8, 4) is 5.75 Å². The van der Waals surface area contributed by atoms with Crippen molar-refractivity contribution < 1.29 is 9.53 Å². The molecular weight excluding hydrogens is 276 g/mol. The van der Waals surface area contributed by atoms with E-state index in [0.29, 0.717) is 16.5 Å². The van der Waals surface area contributed by atoms with Crippen molar-refractivity contribution >= 4 is 23.2 Å². The van der Waals surface area contributed by atoms with Crippen LogP contribution in [0.5, 0.6) is 5.75 Å². The summed E-state index contributed by atoms with van der Waals surface area (Å²) in [5, 5.41) is 6.72. The largest absolute Gasteiger partial charge is 0.495 e. The van der Waals surface area contributed by atoms with Crippen molar-refractivity contribution in [3.05, 3.63) is 23.2 Å². The number of rotatable bonds is 6. The molecule has 0 saturated carbocycles. The fourth-order valence-corrected chi connectivity index (χ4v) is 1.79. The number of amides is 1. The molecule has 0 heterocycles. The Bertz CT molecular complexity index is 475. The summed E-state index contributed by atoms with van der Waals surface area (Å²) in [6.45, 7) is 7.84. The van der Waals surface area contributed by atoms with Gasteiger partial charge in [0, 0.05) is 10.6 Å². The Kier molecular flexibility index (Phi) is 5.69. The Balaban J connectivity index is 2.78. The molecule has 20 heavy (non-hydrogen) atoms. The third-order valence-electron chi connectivity index (χ3n) is 3.27. The summed E-state index contributed by atoms with van der Waals surface area (Å²) in [6, 6.07) is 4.88. The van der Waals surface area contributed by atoms with Gasteiger partial charge in [0.05, 0.1) is 12.8 Å². The van der Waals surface area contributed by atoms with Crippen molar-refractivity contribution in [3.63, 3.8) is 0 Å². The van der Waals surface area contributed by atoms with E-state index >= 15 is 0 Å². The first-order chi connectivity index (χ1) is 9.29. The monoisotopic (exact) mass is 298 g/mol. The Labute approximate surface area is 125 Å². The lowest BCUT2D eigenvalue weighted by molar-refractivity contribution is -0.123. The molecule has 1 unspecified atom stereocenters. The molecule has 2 N–H and O–H groups in total. The average molecular weight is 299 g/mol. The quantitative estimate of drug-likeness (QED) is 0.845. The van der Waals surface area contributed by atoms with Crippen molar-refractivity contribution in [2.45, 2.75) is 45.7 Å². The summed E-state index contributed by atoms with van der Waals surface area (Å²) in [5.41, 5.74) is 0.489. The molecular formula is C15H23ClN2O2. The lowest BCUT2D eigenvalue weighted by atomic mass is 10.0. The average Bonchev–Trinajstić information content (AvgIpc) is 2.38. The van der Waals surface area contributed by atoms with Crippen LogP contribution < -0.4 is 15.4 Å². The molecule has 0 saturated heterocycles. The number of halogens is 1. The number of anilines is 1. The topological polar surface area (TPSA) is 50.4 Å². The molecule has 4 nitrogen and oxygen atoms in total. The summed E-state index contributed by atoms with van der Waals surface area (Å²) in [6.07, 6.45) is 0.867. The first-order valence-electron chi connectivity index (χ1n) is 6.71. The maximum Gasteiger partial charge on any atom is 0.242 e. The van der Waals surface area contributed by atoms with Gasteiger partial charge >= 0.3 is 0 Å². The van der Waals surface area contributed by atoms with Crippen molar-refractivity contribution in [2.24, 2.45) is 0 Å². The van der Waals surface area contributed by atoms with Crippen LogP contribution in [0.1, 0.15) is 34.1 Å². The molecule has 1 aromatic rings. The van der Waals surface area contributed by atoms with E-state index in [0.717, 1.165) is 6.42 Å². The molecule has 0 spiro atoms. The highest BCUT2D eigenvalue weighted by atomic mass is 35.5. The number of methoxy groups -OCH3 is 1. The van der Waals surface area contributed by atoms with Crippen molar-refractivity contribution in [1.29, 1.82) is 0 Å². The number of nitrogens with one attached hydrogen (secondary N) is 2. The Morgan fingerprint density at radius 2 is 2.10 bits per heavy atom. The van der Waals surface area contributed by atoms with Crippen molar-refractivity contribution in [2.75, 3.05) is 12.4 Å².